The Bertz CT molecular complexity index is 1190. The maximum absolute atomic E-state index is 13.7. The molecule has 0 bridgehead atoms. The molecule has 2 aromatic carbocycles. The number of carboxylic acid groups (broad SMARTS) is 1. The summed E-state index contributed by atoms with van der Waals surface area (Å²) < 4.78 is 38.2. The number of methoxy groups -OCH3 is 1. The van der Waals surface area contributed by atoms with Gasteiger partial charge in [-0.1, -0.05) is 12.1 Å². The third kappa shape index (κ3) is 7.00. The molecule has 1 aromatic heterocycles. The molecule has 3 aromatic rings. The van der Waals surface area contributed by atoms with Crippen LogP contribution in [0.2, 0.25) is 0 Å². The first-order valence-corrected chi connectivity index (χ1v) is 12.6. The Kier molecular flexibility index (Phi) is 9.19. The highest BCUT2D eigenvalue weighted by Gasteiger charge is 2.23. The number of hydrogen-bond donors (Lipinski definition) is 1. The van der Waals surface area contributed by atoms with Crippen molar-refractivity contribution in [2.45, 2.75) is 24.5 Å². The molecule has 7 nitrogen and oxygen atoms in total. The van der Waals surface area contributed by atoms with Gasteiger partial charge in [0.2, 0.25) is 0 Å². The Labute approximate surface area is 209 Å². The molecule has 186 valence electrons. The van der Waals surface area contributed by atoms with Crippen LogP contribution in [-0.2, 0) is 16.1 Å². The lowest BCUT2D eigenvalue weighted by Gasteiger charge is -2.22. The minimum absolute atomic E-state index is 0.103. The van der Waals surface area contributed by atoms with Crippen molar-refractivity contribution in [3.05, 3.63) is 64.1 Å². The van der Waals surface area contributed by atoms with Gasteiger partial charge in [-0.3, -0.25) is 9.59 Å². The van der Waals surface area contributed by atoms with Crippen molar-refractivity contribution in [1.29, 1.82) is 0 Å². The summed E-state index contributed by atoms with van der Waals surface area (Å²) in [6.07, 6.45) is 1.46. The highest BCUT2D eigenvalue weighted by atomic mass is 32.2. The summed E-state index contributed by atoms with van der Waals surface area (Å²) >= 11 is 2.55. The van der Waals surface area contributed by atoms with E-state index in [9.17, 15) is 18.4 Å². The second kappa shape index (κ2) is 12.1. The second-order valence-electron chi connectivity index (χ2n) is 7.53. The van der Waals surface area contributed by atoms with E-state index in [0.717, 1.165) is 0 Å². The quantitative estimate of drug-likeness (QED) is 0.357. The SMILES string of the molecule is COC(C)CN(CC(=O)O)C(=O)c1csc(COc2ccc(-c3cc(F)c(F)cc3SC)cc2)n1. The van der Waals surface area contributed by atoms with Gasteiger partial charge in [-0.05, 0) is 48.6 Å². The average Bonchev–Trinajstić information content (AvgIpc) is 3.32. The Morgan fingerprint density at radius 2 is 1.89 bits per heavy atom. The van der Waals surface area contributed by atoms with Crippen LogP contribution in [0.5, 0.6) is 5.75 Å². The fraction of sp³-hybridized carbons (Fsp3) is 0.292. The number of nitrogens with zero attached hydrogens (tertiary/aromatic N) is 2. The van der Waals surface area contributed by atoms with Gasteiger partial charge in [0.15, 0.2) is 11.6 Å². The van der Waals surface area contributed by atoms with E-state index in [-0.39, 0.29) is 24.9 Å². The molecule has 35 heavy (non-hydrogen) atoms. The topological polar surface area (TPSA) is 89.0 Å². The average molecular weight is 523 g/mol. The number of ether oxygens (including phenoxy) is 2. The van der Waals surface area contributed by atoms with Crippen molar-refractivity contribution in [3.8, 4) is 16.9 Å². The van der Waals surface area contributed by atoms with E-state index in [1.165, 1.54) is 47.2 Å². The molecular formula is C24H24F2N2O5S2. The minimum atomic E-state index is -1.13. The van der Waals surface area contributed by atoms with Gasteiger partial charge in [-0.2, -0.15) is 0 Å². The number of rotatable bonds is 11. The van der Waals surface area contributed by atoms with Crippen molar-refractivity contribution in [2.24, 2.45) is 0 Å². The van der Waals surface area contributed by atoms with E-state index in [4.69, 9.17) is 14.6 Å². The van der Waals surface area contributed by atoms with Crippen molar-refractivity contribution in [1.82, 2.24) is 9.88 Å². The van der Waals surface area contributed by atoms with Crippen LogP contribution in [0, 0.1) is 11.6 Å². The minimum Gasteiger partial charge on any atom is -0.486 e. The molecule has 1 N–H and O–H groups in total. The van der Waals surface area contributed by atoms with Gasteiger partial charge < -0.3 is 19.5 Å². The van der Waals surface area contributed by atoms with Crippen LogP contribution < -0.4 is 4.74 Å². The zero-order chi connectivity index (χ0) is 25.5. The number of benzene rings is 2. The molecule has 0 saturated carbocycles. The largest absolute Gasteiger partial charge is 0.486 e. The predicted octanol–water partition coefficient (Wildman–Crippen LogP) is 4.95. The summed E-state index contributed by atoms with van der Waals surface area (Å²) in [6, 6.07) is 9.27. The van der Waals surface area contributed by atoms with Crippen molar-refractivity contribution >= 4 is 35.0 Å². The number of hydrogen-bond acceptors (Lipinski definition) is 7. The first kappa shape index (κ1) is 26.6. The number of carbonyl (C=O) groups excluding carboxylic acids is 1. The standard InChI is InChI=1S/C24H24F2N2O5S2/c1-14(32-2)10-28(11-23(29)30)24(31)20-13-35-22(27-20)12-33-16-6-4-15(5-7-16)17-8-18(25)19(26)9-21(17)34-3/h4-9,13-14H,10-12H2,1-3H3,(H,29,30). The molecular weight excluding hydrogens is 498 g/mol. The number of halogens is 2. The summed E-state index contributed by atoms with van der Waals surface area (Å²) in [4.78, 5) is 30.0. The molecule has 1 heterocycles. The molecule has 0 aliphatic carbocycles. The fourth-order valence-corrected chi connectivity index (χ4v) is 4.50. The Hall–Kier alpha value is -3.02. The maximum Gasteiger partial charge on any atom is 0.323 e. The highest BCUT2D eigenvalue weighted by molar-refractivity contribution is 7.98. The number of carbonyl (C=O) groups is 2. The van der Waals surface area contributed by atoms with Crippen molar-refractivity contribution in [3.63, 3.8) is 0 Å². The number of thioether (sulfide) groups is 1. The van der Waals surface area contributed by atoms with Crippen LogP contribution >= 0.6 is 23.1 Å². The lowest BCUT2D eigenvalue weighted by molar-refractivity contribution is -0.138. The van der Waals surface area contributed by atoms with E-state index in [1.807, 2.05) is 0 Å². The summed E-state index contributed by atoms with van der Waals surface area (Å²) in [5, 5.41) is 11.2. The van der Waals surface area contributed by atoms with E-state index < -0.39 is 30.1 Å². The van der Waals surface area contributed by atoms with Crippen molar-refractivity contribution < 1.29 is 33.0 Å². The lowest BCUT2D eigenvalue weighted by Crippen LogP contribution is -2.40. The molecule has 0 aliphatic rings. The summed E-state index contributed by atoms with van der Waals surface area (Å²) in [5.41, 5.74) is 1.43. The van der Waals surface area contributed by atoms with Crippen LogP contribution in [0.3, 0.4) is 0 Å². The van der Waals surface area contributed by atoms with E-state index in [2.05, 4.69) is 4.98 Å². The van der Waals surface area contributed by atoms with Gasteiger partial charge >= 0.3 is 5.97 Å². The Balaban J connectivity index is 1.66. The van der Waals surface area contributed by atoms with Gasteiger partial charge in [0, 0.05) is 23.9 Å². The lowest BCUT2D eigenvalue weighted by atomic mass is 10.1. The van der Waals surface area contributed by atoms with Gasteiger partial charge in [-0.15, -0.1) is 23.1 Å². The third-order valence-corrected chi connectivity index (χ3v) is 6.63. The smallest absolute Gasteiger partial charge is 0.323 e. The third-order valence-electron chi connectivity index (χ3n) is 5.03. The monoisotopic (exact) mass is 522 g/mol. The van der Waals surface area contributed by atoms with E-state index >= 15 is 0 Å². The first-order chi connectivity index (χ1) is 16.7. The molecule has 0 radical (unpaired) electrons. The molecule has 1 amide bonds. The van der Waals surface area contributed by atoms with E-state index in [0.29, 0.717) is 26.8 Å². The van der Waals surface area contributed by atoms with Gasteiger partial charge in [-0.25, -0.2) is 13.8 Å². The Morgan fingerprint density at radius 3 is 2.51 bits per heavy atom. The first-order valence-electron chi connectivity index (χ1n) is 10.5. The maximum atomic E-state index is 13.7. The summed E-state index contributed by atoms with van der Waals surface area (Å²) in [7, 11) is 1.48. The van der Waals surface area contributed by atoms with Crippen LogP contribution in [0.1, 0.15) is 22.4 Å². The van der Waals surface area contributed by atoms with Gasteiger partial charge in [0.05, 0.1) is 6.10 Å². The number of aliphatic carboxylic acids is 1. The molecule has 0 fully saturated rings. The fourth-order valence-electron chi connectivity index (χ4n) is 3.20. The van der Waals surface area contributed by atoms with Gasteiger partial charge in [0.25, 0.3) is 5.91 Å². The number of thiazole rings is 1. The van der Waals surface area contributed by atoms with Crippen LogP contribution in [0.25, 0.3) is 11.1 Å². The van der Waals surface area contributed by atoms with Crippen LogP contribution in [0.15, 0.2) is 46.7 Å². The molecule has 3 rings (SSSR count). The Morgan fingerprint density at radius 1 is 1.20 bits per heavy atom. The van der Waals surface area contributed by atoms with Crippen molar-refractivity contribution in [2.75, 3.05) is 26.5 Å². The zero-order valence-corrected chi connectivity index (χ0v) is 20.9. The van der Waals surface area contributed by atoms with Crippen LogP contribution in [0.4, 0.5) is 8.78 Å². The van der Waals surface area contributed by atoms with Gasteiger partial charge in [0.1, 0.15) is 29.6 Å². The number of amides is 1. The highest BCUT2D eigenvalue weighted by Crippen LogP contribution is 2.33. The molecule has 11 heteroatoms. The molecule has 0 saturated heterocycles. The van der Waals surface area contributed by atoms with Crippen LogP contribution in [-0.4, -0.2) is 59.4 Å². The molecule has 0 aliphatic heterocycles. The molecule has 0 spiro atoms. The summed E-state index contributed by atoms with van der Waals surface area (Å²) in [6.45, 7) is 1.50. The number of carboxylic acids is 1. The number of aromatic nitrogens is 1. The molecule has 1 unspecified atom stereocenters. The predicted molar refractivity (Wildman–Crippen MR) is 130 cm³/mol. The second-order valence-corrected chi connectivity index (χ2v) is 9.32. The summed E-state index contributed by atoms with van der Waals surface area (Å²) in [5.74, 6) is -2.90. The molecule has 1 atom stereocenters. The normalized spacial score (nSPS) is 11.8. The van der Waals surface area contributed by atoms with E-state index in [1.54, 1.807) is 42.8 Å². The zero-order valence-electron chi connectivity index (χ0n) is 19.3.